The molecule has 5 heteroatoms. The summed E-state index contributed by atoms with van der Waals surface area (Å²) < 4.78 is 0. The van der Waals surface area contributed by atoms with Gasteiger partial charge in [-0.05, 0) is 32.4 Å². The van der Waals surface area contributed by atoms with E-state index < -0.39 is 0 Å². The first-order valence-corrected chi connectivity index (χ1v) is 8.30. The number of hydrogen-bond acceptors (Lipinski definition) is 4. The van der Waals surface area contributed by atoms with Gasteiger partial charge in [-0.1, -0.05) is 11.8 Å². The van der Waals surface area contributed by atoms with Crippen LogP contribution in [0.25, 0.3) is 0 Å². The van der Waals surface area contributed by atoms with Gasteiger partial charge in [0, 0.05) is 30.6 Å². The molecule has 1 aromatic rings. The highest BCUT2D eigenvalue weighted by Crippen LogP contribution is 2.26. The number of rotatable bonds is 1. The van der Waals surface area contributed by atoms with E-state index >= 15 is 0 Å². The Morgan fingerprint density at radius 2 is 2.38 bits per heavy atom. The van der Waals surface area contributed by atoms with Gasteiger partial charge in [-0.25, -0.2) is 0 Å². The van der Waals surface area contributed by atoms with Crippen molar-refractivity contribution in [3.63, 3.8) is 0 Å². The van der Waals surface area contributed by atoms with Crippen LogP contribution < -0.4 is 0 Å². The fourth-order valence-electron chi connectivity index (χ4n) is 3.28. The number of aliphatic hydroxyl groups excluding tert-OH is 1. The van der Waals surface area contributed by atoms with E-state index in [2.05, 4.69) is 23.7 Å². The first kappa shape index (κ1) is 14.6. The van der Waals surface area contributed by atoms with Gasteiger partial charge in [0.1, 0.15) is 6.61 Å². The zero-order chi connectivity index (χ0) is 14.8. The maximum atomic E-state index is 12.7. The van der Waals surface area contributed by atoms with E-state index in [-0.39, 0.29) is 18.6 Å². The van der Waals surface area contributed by atoms with Crippen LogP contribution in [0, 0.1) is 11.8 Å². The average Bonchev–Trinajstić information content (AvgIpc) is 3.12. The van der Waals surface area contributed by atoms with E-state index in [1.165, 1.54) is 30.7 Å². The van der Waals surface area contributed by atoms with Crippen molar-refractivity contribution in [2.75, 3.05) is 26.2 Å². The lowest BCUT2D eigenvalue weighted by atomic mass is 10.1. The van der Waals surface area contributed by atoms with Gasteiger partial charge in [0.05, 0.1) is 10.4 Å². The number of amides is 1. The fraction of sp³-hybridized carbons (Fsp3) is 0.562. The molecule has 2 aliphatic rings. The predicted octanol–water partition coefficient (Wildman–Crippen LogP) is 1.40. The lowest BCUT2D eigenvalue weighted by Crippen LogP contribution is -2.56. The molecule has 0 radical (unpaired) electrons. The Balaban J connectivity index is 1.73. The minimum atomic E-state index is -0.151. The third-order valence-electron chi connectivity index (χ3n) is 4.34. The summed E-state index contributed by atoms with van der Waals surface area (Å²) in [5.41, 5.74) is 0.723. The van der Waals surface area contributed by atoms with Crippen LogP contribution in [0.3, 0.4) is 0 Å². The summed E-state index contributed by atoms with van der Waals surface area (Å²) in [6.45, 7) is 4.98. The molecule has 3 rings (SSSR count). The lowest BCUT2D eigenvalue weighted by molar-refractivity contribution is 0.0396. The molecule has 3 heterocycles. The lowest BCUT2D eigenvalue weighted by Gasteiger charge is -2.42. The standard InChI is InChI=1S/C16H20N2O2S/c1-12-9-17-6-2-4-14(17)10-18(12)16(20)13-8-15(21-11-13)5-3-7-19/h8,11-12,14,19H,2,4,6-7,9-10H2,1H3. The van der Waals surface area contributed by atoms with E-state index in [0.29, 0.717) is 6.04 Å². The number of fused-ring (bicyclic) bond motifs is 1. The van der Waals surface area contributed by atoms with E-state index in [4.69, 9.17) is 5.11 Å². The van der Waals surface area contributed by atoms with Crippen LogP contribution in [0.5, 0.6) is 0 Å². The smallest absolute Gasteiger partial charge is 0.255 e. The van der Waals surface area contributed by atoms with Gasteiger partial charge < -0.3 is 10.0 Å². The highest BCUT2D eigenvalue weighted by Gasteiger charge is 2.36. The molecule has 2 aliphatic heterocycles. The second-order valence-corrected chi connectivity index (χ2v) is 6.67. The van der Waals surface area contributed by atoms with Crippen LogP contribution in [0.15, 0.2) is 11.4 Å². The molecule has 2 saturated heterocycles. The molecule has 112 valence electrons. The van der Waals surface area contributed by atoms with Crippen molar-refractivity contribution in [3.8, 4) is 11.8 Å². The van der Waals surface area contributed by atoms with Gasteiger partial charge in [-0.3, -0.25) is 9.69 Å². The van der Waals surface area contributed by atoms with Crippen LogP contribution in [-0.2, 0) is 0 Å². The van der Waals surface area contributed by atoms with Gasteiger partial charge in [-0.2, -0.15) is 0 Å². The quantitative estimate of drug-likeness (QED) is 0.798. The Bertz CT molecular complexity index is 587. The number of nitrogens with zero attached hydrogens (tertiary/aromatic N) is 2. The molecular formula is C16H20N2O2S. The first-order valence-electron chi connectivity index (χ1n) is 7.42. The number of aliphatic hydroxyl groups is 1. The van der Waals surface area contributed by atoms with Crippen LogP contribution in [0.4, 0.5) is 0 Å². The molecule has 2 atom stereocenters. The maximum absolute atomic E-state index is 12.7. The molecule has 2 fully saturated rings. The van der Waals surface area contributed by atoms with Gasteiger partial charge in [-0.15, -0.1) is 11.3 Å². The Morgan fingerprint density at radius 1 is 1.52 bits per heavy atom. The Labute approximate surface area is 129 Å². The molecular weight excluding hydrogens is 284 g/mol. The predicted molar refractivity (Wildman–Crippen MR) is 83.4 cm³/mol. The highest BCUT2D eigenvalue weighted by molar-refractivity contribution is 7.10. The molecule has 0 saturated carbocycles. The van der Waals surface area contributed by atoms with Crippen LogP contribution in [0.1, 0.15) is 35.0 Å². The minimum absolute atomic E-state index is 0.113. The molecule has 0 aromatic carbocycles. The van der Waals surface area contributed by atoms with E-state index in [0.717, 1.165) is 23.5 Å². The van der Waals surface area contributed by atoms with Crippen molar-refractivity contribution in [3.05, 3.63) is 21.9 Å². The number of carbonyl (C=O) groups is 1. The third-order valence-corrected chi connectivity index (χ3v) is 5.18. The molecule has 1 aromatic heterocycles. The summed E-state index contributed by atoms with van der Waals surface area (Å²) in [6.07, 6.45) is 2.45. The average molecular weight is 304 g/mol. The largest absolute Gasteiger partial charge is 0.384 e. The summed E-state index contributed by atoms with van der Waals surface area (Å²) >= 11 is 1.46. The number of thiophene rings is 1. The molecule has 1 N–H and O–H groups in total. The SMILES string of the molecule is CC1CN2CCCC2CN1C(=O)c1csc(C#CCO)c1. The Kier molecular flexibility index (Phi) is 4.29. The van der Waals surface area contributed by atoms with Crippen molar-refractivity contribution in [2.24, 2.45) is 0 Å². The van der Waals surface area contributed by atoms with Crippen molar-refractivity contribution in [2.45, 2.75) is 31.8 Å². The molecule has 2 unspecified atom stereocenters. The van der Waals surface area contributed by atoms with Gasteiger partial charge in [0.15, 0.2) is 0 Å². The highest BCUT2D eigenvalue weighted by atomic mass is 32.1. The zero-order valence-electron chi connectivity index (χ0n) is 12.2. The minimum Gasteiger partial charge on any atom is -0.384 e. The summed E-state index contributed by atoms with van der Waals surface area (Å²) in [7, 11) is 0. The van der Waals surface area contributed by atoms with E-state index in [9.17, 15) is 4.79 Å². The molecule has 4 nitrogen and oxygen atoms in total. The van der Waals surface area contributed by atoms with Gasteiger partial charge in [0.25, 0.3) is 5.91 Å². The molecule has 21 heavy (non-hydrogen) atoms. The van der Waals surface area contributed by atoms with E-state index in [1.807, 2.05) is 16.3 Å². The molecule has 0 aliphatic carbocycles. The molecule has 0 bridgehead atoms. The summed E-state index contributed by atoms with van der Waals surface area (Å²) in [5.74, 6) is 5.59. The first-order chi connectivity index (χ1) is 10.2. The number of piperazine rings is 1. The second-order valence-electron chi connectivity index (χ2n) is 5.76. The second kappa shape index (κ2) is 6.18. The monoisotopic (exact) mass is 304 g/mol. The van der Waals surface area contributed by atoms with Crippen LogP contribution in [0.2, 0.25) is 0 Å². The van der Waals surface area contributed by atoms with Crippen LogP contribution >= 0.6 is 11.3 Å². The normalized spacial score (nSPS) is 25.3. The third kappa shape index (κ3) is 2.98. The zero-order valence-corrected chi connectivity index (χ0v) is 13.0. The molecule has 0 spiro atoms. The Hall–Kier alpha value is -1.35. The summed E-state index contributed by atoms with van der Waals surface area (Å²) in [4.78, 5) is 18.1. The van der Waals surface area contributed by atoms with Crippen molar-refractivity contribution >= 4 is 17.2 Å². The van der Waals surface area contributed by atoms with Crippen molar-refractivity contribution < 1.29 is 9.90 Å². The van der Waals surface area contributed by atoms with Crippen molar-refractivity contribution in [1.82, 2.24) is 9.80 Å². The number of hydrogen-bond donors (Lipinski definition) is 1. The van der Waals surface area contributed by atoms with Gasteiger partial charge >= 0.3 is 0 Å². The van der Waals surface area contributed by atoms with E-state index in [1.54, 1.807) is 0 Å². The van der Waals surface area contributed by atoms with Gasteiger partial charge in [0.2, 0.25) is 0 Å². The summed E-state index contributed by atoms with van der Waals surface area (Å²) in [5, 5.41) is 10.6. The Morgan fingerprint density at radius 3 is 3.19 bits per heavy atom. The maximum Gasteiger partial charge on any atom is 0.255 e. The van der Waals surface area contributed by atoms with Crippen molar-refractivity contribution in [1.29, 1.82) is 0 Å². The topological polar surface area (TPSA) is 43.8 Å². The number of carbonyl (C=O) groups excluding carboxylic acids is 1. The molecule has 1 amide bonds. The van der Waals surface area contributed by atoms with Crippen LogP contribution in [-0.4, -0.2) is 59.1 Å². The fourth-order valence-corrected chi connectivity index (χ4v) is 4.03. The summed E-state index contributed by atoms with van der Waals surface area (Å²) in [6, 6.07) is 2.64.